The third-order valence-corrected chi connectivity index (χ3v) is 5.97. The Labute approximate surface area is 182 Å². The molecule has 0 bridgehead atoms. The standard InChI is InChI=1S/C25H27N3O3/c1-2-3-5-8-18-11-13-19(14-12-18)24-21-15-27(16-23(30)28(21)22(24)17-29)25(31)26-20-9-6-4-7-10-20/h4,6-7,9-14,21-22,24,29H,2-3,15-17H2,1H3,(H,26,31)/t21-,22-,24+/m1/s1. The molecule has 160 valence electrons. The molecular weight excluding hydrogens is 390 g/mol. The number of piperazine rings is 1. The van der Waals surface area contributed by atoms with E-state index in [1.54, 1.807) is 9.80 Å². The van der Waals surface area contributed by atoms with Crippen molar-refractivity contribution in [2.45, 2.75) is 37.8 Å². The Balaban J connectivity index is 1.49. The summed E-state index contributed by atoms with van der Waals surface area (Å²) in [5.41, 5.74) is 2.71. The van der Waals surface area contributed by atoms with Gasteiger partial charge in [-0.15, -0.1) is 0 Å². The summed E-state index contributed by atoms with van der Waals surface area (Å²) in [7, 11) is 0. The molecule has 0 spiro atoms. The number of nitrogens with one attached hydrogen (secondary N) is 1. The van der Waals surface area contributed by atoms with Crippen LogP contribution >= 0.6 is 0 Å². The molecule has 3 amide bonds. The molecule has 2 aliphatic rings. The average molecular weight is 418 g/mol. The smallest absolute Gasteiger partial charge is 0.322 e. The van der Waals surface area contributed by atoms with Crippen LogP contribution in [-0.2, 0) is 4.79 Å². The molecule has 0 aromatic heterocycles. The Hall–Kier alpha value is -3.30. The Morgan fingerprint density at radius 1 is 1.16 bits per heavy atom. The molecule has 0 unspecified atom stereocenters. The molecular formula is C25H27N3O3. The summed E-state index contributed by atoms with van der Waals surface area (Å²) in [6.07, 6.45) is 1.90. The Morgan fingerprint density at radius 2 is 1.90 bits per heavy atom. The zero-order valence-electron chi connectivity index (χ0n) is 17.6. The van der Waals surface area contributed by atoms with E-state index in [0.717, 1.165) is 24.0 Å². The molecule has 0 radical (unpaired) electrons. The molecule has 2 heterocycles. The summed E-state index contributed by atoms with van der Waals surface area (Å²) in [5, 5.41) is 12.8. The number of hydrogen-bond donors (Lipinski definition) is 2. The van der Waals surface area contributed by atoms with Gasteiger partial charge in [0.2, 0.25) is 5.91 Å². The van der Waals surface area contributed by atoms with Crippen LogP contribution in [0.4, 0.5) is 10.5 Å². The van der Waals surface area contributed by atoms with Crippen LogP contribution in [-0.4, -0.2) is 58.6 Å². The van der Waals surface area contributed by atoms with Gasteiger partial charge < -0.3 is 20.2 Å². The van der Waals surface area contributed by atoms with Crippen molar-refractivity contribution in [2.24, 2.45) is 0 Å². The predicted octanol–water partition coefficient (Wildman–Crippen LogP) is 3.04. The van der Waals surface area contributed by atoms with Crippen molar-refractivity contribution in [2.75, 3.05) is 25.0 Å². The number of aliphatic hydroxyl groups is 1. The lowest BCUT2D eigenvalue weighted by Crippen LogP contribution is -2.73. The van der Waals surface area contributed by atoms with E-state index in [9.17, 15) is 14.7 Å². The van der Waals surface area contributed by atoms with Gasteiger partial charge in [0.1, 0.15) is 6.54 Å². The molecule has 2 N–H and O–H groups in total. The number of rotatable bonds is 4. The van der Waals surface area contributed by atoms with E-state index in [1.165, 1.54) is 0 Å². The highest BCUT2D eigenvalue weighted by atomic mass is 16.3. The number of anilines is 1. The van der Waals surface area contributed by atoms with Crippen LogP contribution in [0.1, 0.15) is 36.8 Å². The zero-order valence-corrected chi connectivity index (χ0v) is 17.6. The summed E-state index contributed by atoms with van der Waals surface area (Å²) in [4.78, 5) is 28.8. The highest BCUT2D eigenvalue weighted by Crippen LogP contribution is 2.42. The summed E-state index contributed by atoms with van der Waals surface area (Å²) in [6, 6.07) is 16.5. The predicted molar refractivity (Wildman–Crippen MR) is 120 cm³/mol. The minimum Gasteiger partial charge on any atom is -0.394 e. The number of aliphatic hydroxyl groups excluding tert-OH is 1. The average Bonchev–Trinajstić information content (AvgIpc) is 2.77. The third-order valence-electron chi connectivity index (χ3n) is 5.97. The van der Waals surface area contributed by atoms with Crippen LogP contribution in [0.5, 0.6) is 0 Å². The van der Waals surface area contributed by atoms with Crippen molar-refractivity contribution in [3.63, 3.8) is 0 Å². The molecule has 0 aliphatic carbocycles. The monoisotopic (exact) mass is 417 g/mol. The fraction of sp³-hybridized carbons (Fsp3) is 0.360. The second-order valence-electron chi connectivity index (χ2n) is 7.99. The normalized spacial score (nSPS) is 22.1. The molecule has 6 nitrogen and oxygen atoms in total. The van der Waals surface area contributed by atoms with Crippen LogP contribution < -0.4 is 5.32 Å². The molecule has 6 heteroatoms. The van der Waals surface area contributed by atoms with Crippen molar-refractivity contribution in [1.29, 1.82) is 0 Å². The maximum atomic E-state index is 12.7. The number of amides is 3. The Morgan fingerprint density at radius 3 is 2.58 bits per heavy atom. The van der Waals surface area contributed by atoms with Gasteiger partial charge in [0.25, 0.3) is 0 Å². The largest absolute Gasteiger partial charge is 0.394 e. The topological polar surface area (TPSA) is 72.9 Å². The lowest BCUT2D eigenvalue weighted by Gasteiger charge is -2.58. The maximum absolute atomic E-state index is 12.7. The van der Waals surface area contributed by atoms with Crippen LogP contribution in [0, 0.1) is 11.8 Å². The van der Waals surface area contributed by atoms with Crippen LogP contribution in [0.2, 0.25) is 0 Å². The van der Waals surface area contributed by atoms with Crippen molar-refractivity contribution < 1.29 is 14.7 Å². The van der Waals surface area contributed by atoms with Gasteiger partial charge in [-0.2, -0.15) is 0 Å². The summed E-state index contributed by atoms with van der Waals surface area (Å²) in [6.45, 7) is 2.46. The van der Waals surface area contributed by atoms with Gasteiger partial charge in [0.15, 0.2) is 0 Å². The first-order valence-corrected chi connectivity index (χ1v) is 10.7. The van der Waals surface area contributed by atoms with E-state index >= 15 is 0 Å². The van der Waals surface area contributed by atoms with Crippen molar-refractivity contribution in [3.8, 4) is 11.8 Å². The third kappa shape index (κ3) is 4.28. The molecule has 4 rings (SSSR count). The molecule has 2 aromatic carbocycles. The van der Waals surface area contributed by atoms with Gasteiger partial charge in [0.05, 0.1) is 18.7 Å². The minimum atomic E-state index is -0.285. The van der Waals surface area contributed by atoms with Crippen LogP contribution in [0.25, 0.3) is 0 Å². The molecule has 3 atom stereocenters. The first-order chi connectivity index (χ1) is 15.1. The number of carbonyl (C=O) groups is 2. The second kappa shape index (κ2) is 9.23. The van der Waals surface area contributed by atoms with Crippen LogP contribution in [0.15, 0.2) is 54.6 Å². The fourth-order valence-electron chi connectivity index (χ4n) is 4.46. The number of para-hydroxylation sites is 1. The molecule has 31 heavy (non-hydrogen) atoms. The number of urea groups is 1. The van der Waals surface area contributed by atoms with E-state index in [4.69, 9.17) is 0 Å². The molecule has 2 fully saturated rings. The number of unbranched alkanes of at least 4 members (excludes halogenated alkanes) is 1. The number of benzene rings is 2. The van der Waals surface area contributed by atoms with Crippen molar-refractivity contribution >= 4 is 17.6 Å². The minimum absolute atomic E-state index is 0.0149. The van der Waals surface area contributed by atoms with E-state index in [-0.39, 0.29) is 43.1 Å². The van der Waals surface area contributed by atoms with Crippen molar-refractivity contribution in [1.82, 2.24) is 9.80 Å². The zero-order chi connectivity index (χ0) is 21.8. The second-order valence-corrected chi connectivity index (χ2v) is 7.99. The Bertz CT molecular complexity index is 994. The Kier molecular flexibility index (Phi) is 6.24. The number of hydrogen-bond acceptors (Lipinski definition) is 3. The first-order valence-electron chi connectivity index (χ1n) is 10.7. The van der Waals surface area contributed by atoms with E-state index in [1.807, 2.05) is 54.6 Å². The van der Waals surface area contributed by atoms with E-state index < -0.39 is 0 Å². The summed E-state index contributed by atoms with van der Waals surface area (Å²) < 4.78 is 0. The molecule has 2 aromatic rings. The van der Waals surface area contributed by atoms with Crippen LogP contribution in [0.3, 0.4) is 0 Å². The summed E-state index contributed by atoms with van der Waals surface area (Å²) in [5.74, 6) is 6.16. The van der Waals surface area contributed by atoms with E-state index in [0.29, 0.717) is 12.2 Å². The molecule has 2 saturated heterocycles. The van der Waals surface area contributed by atoms with Gasteiger partial charge >= 0.3 is 6.03 Å². The highest BCUT2D eigenvalue weighted by Gasteiger charge is 2.54. The van der Waals surface area contributed by atoms with E-state index in [2.05, 4.69) is 24.1 Å². The van der Waals surface area contributed by atoms with Gasteiger partial charge in [-0.25, -0.2) is 4.79 Å². The lowest BCUT2D eigenvalue weighted by molar-refractivity contribution is -0.159. The SMILES string of the molecule is CCCC#Cc1ccc([C@@H]2[C@@H](CO)N3C(=O)CN(C(=O)Nc4ccccc4)C[C@H]23)cc1. The molecule has 2 aliphatic heterocycles. The quantitative estimate of drug-likeness (QED) is 0.751. The fourth-order valence-corrected chi connectivity index (χ4v) is 4.46. The van der Waals surface area contributed by atoms with Gasteiger partial charge in [0, 0.05) is 30.1 Å². The van der Waals surface area contributed by atoms with Gasteiger partial charge in [-0.1, -0.05) is 49.1 Å². The van der Waals surface area contributed by atoms with Gasteiger partial charge in [-0.3, -0.25) is 4.79 Å². The number of fused-ring (bicyclic) bond motifs is 1. The number of nitrogens with zero attached hydrogens (tertiary/aromatic N) is 2. The maximum Gasteiger partial charge on any atom is 0.322 e. The highest BCUT2D eigenvalue weighted by molar-refractivity contribution is 5.93. The van der Waals surface area contributed by atoms with Gasteiger partial charge in [-0.05, 0) is 36.2 Å². The van der Waals surface area contributed by atoms with Crippen molar-refractivity contribution in [3.05, 3.63) is 65.7 Å². The lowest BCUT2D eigenvalue weighted by atomic mass is 9.73. The first kappa shape index (κ1) is 21.0. The molecule has 0 saturated carbocycles. The summed E-state index contributed by atoms with van der Waals surface area (Å²) >= 11 is 0. The number of carbonyl (C=O) groups excluding carboxylic acids is 2.